The molecule has 1 aromatic heterocycles. The van der Waals surface area contributed by atoms with Crippen LogP contribution in [-0.2, 0) is 16.6 Å². The van der Waals surface area contributed by atoms with Crippen LogP contribution in [-0.4, -0.2) is 50.8 Å². The van der Waals surface area contributed by atoms with Gasteiger partial charge in [-0.2, -0.15) is 0 Å². The summed E-state index contributed by atoms with van der Waals surface area (Å²) in [5, 5.41) is 17.2. The number of carbonyl (C=O) groups excluding carboxylic acids is 1. The maximum Gasteiger partial charge on any atom is 0.341 e. The molecule has 21 heavy (non-hydrogen) atoms. The Morgan fingerprint density at radius 1 is 1.48 bits per heavy atom. The normalized spacial score (nSPS) is 21.7. The minimum Gasteiger partial charge on any atom is -0.477 e. The summed E-state index contributed by atoms with van der Waals surface area (Å²) in [6, 6.07) is 0. The number of aryl methyl sites for hydroxylation is 1. The number of nitrogens with zero attached hydrogens (tertiary/aromatic N) is 4. The average molecular weight is 292 g/mol. The molecule has 1 heterocycles. The lowest BCUT2D eigenvalue weighted by molar-refractivity contribution is -0.135. The predicted octanol–water partition coefficient (Wildman–Crippen LogP) is 0.798. The molecule has 0 radical (unpaired) electrons. The minimum atomic E-state index is -1.16. The SMILES string of the molecule is CCC(=C(C(=O)O)C(=O)C1CC1c1cn(C)nn1)N(C)C. The molecular weight excluding hydrogens is 272 g/mol. The highest BCUT2D eigenvalue weighted by molar-refractivity contribution is 6.19. The maximum absolute atomic E-state index is 12.5. The predicted molar refractivity (Wildman–Crippen MR) is 75.5 cm³/mol. The van der Waals surface area contributed by atoms with Crippen LogP contribution in [0.4, 0.5) is 0 Å². The third kappa shape index (κ3) is 2.96. The van der Waals surface area contributed by atoms with Gasteiger partial charge in [0.1, 0.15) is 5.57 Å². The van der Waals surface area contributed by atoms with Crippen molar-refractivity contribution in [3.8, 4) is 0 Å². The number of hydrogen-bond donors (Lipinski definition) is 1. The molecule has 2 rings (SSSR count). The lowest BCUT2D eigenvalue weighted by Crippen LogP contribution is -2.23. The van der Waals surface area contributed by atoms with Crippen LogP contribution in [0, 0.1) is 5.92 Å². The molecule has 1 fully saturated rings. The lowest BCUT2D eigenvalue weighted by Gasteiger charge is -2.18. The highest BCUT2D eigenvalue weighted by Crippen LogP contribution is 2.48. The first-order valence-electron chi connectivity index (χ1n) is 6.91. The van der Waals surface area contributed by atoms with E-state index in [0.717, 1.165) is 5.69 Å². The van der Waals surface area contributed by atoms with Gasteiger partial charge in [-0.3, -0.25) is 9.48 Å². The Kier molecular flexibility index (Phi) is 4.11. The number of hydrogen-bond acceptors (Lipinski definition) is 5. The van der Waals surface area contributed by atoms with Gasteiger partial charge in [-0.25, -0.2) is 4.79 Å². The molecule has 0 amide bonds. The summed E-state index contributed by atoms with van der Waals surface area (Å²) in [4.78, 5) is 25.7. The molecule has 1 saturated carbocycles. The lowest BCUT2D eigenvalue weighted by atomic mass is 10.0. The van der Waals surface area contributed by atoms with Crippen molar-refractivity contribution in [3.63, 3.8) is 0 Å². The fraction of sp³-hybridized carbons (Fsp3) is 0.571. The van der Waals surface area contributed by atoms with E-state index in [0.29, 0.717) is 18.5 Å². The van der Waals surface area contributed by atoms with E-state index in [1.165, 1.54) is 0 Å². The number of carboxylic acid groups (broad SMARTS) is 1. The fourth-order valence-electron chi connectivity index (χ4n) is 2.62. The second-order valence-corrected chi connectivity index (χ2v) is 5.50. The fourth-order valence-corrected chi connectivity index (χ4v) is 2.62. The number of rotatable bonds is 6. The van der Waals surface area contributed by atoms with Crippen molar-refractivity contribution in [1.82, 2.24) is 19.9 Å². The van der Waals surface area contributed by atoms with Gasteiger partial charge >= 0.3 is 5.97 Å². The molecule has 0 aromatic carbocycles. The second kappa shape index (κ2) is 5.67. The van der Waals surface area contributed by atoms with Crippen molar-refractivity contribution < 1.29 is 14.7 Å². The molecule has 1 aliphatic rings. The monoisotopic (exact) mass is 292 g/mol. The Morgan fingerprint density at radius 3 is 2.57 bits per heavy atom. The standard InChI is InChI=1S/C14H20N4O3/c1-5-11(17(2)3)12(14(20)21)13(19)9-6-8(9)10-7-18(4)16-15-10/h7-9H,5-6H2,1-4H3,(H,20,21). The van der Waals surface area contributed by atoms with Gasteiger partial charge < -0.3 is 10.0 Å². The average Bonchev–Trinajstić information content (AvgIpc) is 3.09. The number of aliphatic carboxylic acids is 1. The van der Waals surface area contributed by atoms with Gasteiger partial charge in [0.25, 0.3) is 0 Å². The van der Waals surface area contributed by atoms with Crippen molar-refractivity contribution in [1.29, 1.82) is 0 Å². The van der Waals surface area contributed by atoms with Crippen molar-refractivity contribution in [3.05, 3.63) is 23.2 Å². The summed E-state index contributed by atoms with van der Waals surface area (Å²) < 4.78 is 1.58. The van der Waals surface area contributed by atoms with Gasteiger partial charge in [-0.1, -0.05) is 12.1 Å². The summed E-state index contributed by atoms with van der Waals surface area (Å²) in [5.74, 6) is -1.77. The smallest absolute Gasteiger partial charge is 0.341 e. The Morgan fingerprint density at radius 2 is 2.14 bits per heavy atom. The molecule has 7 heteroatoms. The maximum atomic E-state index is 12.5. The van der Waals surface area contributed by atoms with Crippen molar-refractivity contribution in [2.45, 2.75) is 25.7 Å². The highest BCUT2D eigenvalue weighted by Gasteiger charge is 2.48. The first-order chi connectivity index (χ1) is 9.86. The number of carbonyl (C=O) groups is 2. The van der Waals surface area contributed by atoms with E-state index in [1.807, 2.05) is 6.92 Å². The first kappa shape index (κ1) is 15.2. The quantitative estimate of drug-likeness (QED) is 0.474. The molecule has 0 saturated heterocycles. The molecular formula is C14H20N4O3. The van der Waals surface area contributed by atoms with Gasteiger partial charge in [-0.15, -0.1) is 5.10 Å². The van der Waals surface area contributed by atoms with E-state index in [2.05, 4.69) is 10.3 Å². The molecule has 0 aliphatic heterocycles. The van der Waals surface area contributed by atoms with Gasteiger partial charge in [0, 0.05) is 44.9 Å². The number of aromatic nitrogens is 3. The molecule has 114 valence electrons. The molecule has 1 aromatic rings. The molecule has 0 bridgehead atoms. The highest BCUT2D eigenvalue weighted by atomic mass is 16.4. The molecule has 1 aliphatic carbocycles. The largest absolute Gasteiger partial charge is 0.477 e. The third-order valence-corrected chi connectivity index (χ3v) is 3.75. The van der Waals surface area contributed by atoms with E-state index < -0.39 is 5.97 Å². The number of ketones is 1. The Labute approximate surface area is 123 Å². The topological polar surface area (TPSA) is 88.3 Å². The van der Waals surface area contributed by atoms with E-state index in [1.54, 1.807) is 36.9 Å². The molecule has 2 atom stereocenters. The van der Waals surface area contributed by atoms with Crippen molar-refractivity contribution >= 4 is 11.8 Å². The Bertz CT molecular complexity index is 603. The van der Waals surface area contributed by atoms with Crippen LogP contribution in [0.15, 0.2) is 17.5 Å². The van der Waals surface area contributed by atoms with Gasteiger partial charge in [-0.05, 0) is 12.8 Å². The van der Waals surface area contributed by atoms with E-state index in [9.17, 15) is 14.7 Å². The Balaban J connectivity index is 2.24. The van der Waals surface area contributed by atoms with Gasteiger partial charge in [0.2, 0.25) is 0 Å². The second-order valence-electron chi connectivity index (χ2n) is 5.50. The molecule has 2 unspecified atom stereocenters. The summed E-state index contributed by atoms with van der Waals surface area (Å²) in [6.07, 6.45) is 2.91. The number of Topliss-reactive ketones (excluding diaryl/α,β-unsaturated/α-hetero) is 1. The zero-order valence-corrected chi connectivity index (χ0v) is 12.7. The number of carboxylic acids is 1. The van der Waals surface area contributed by atoms with Crippen molar-refractivity contribution in [2.75, 3.05) is 14.1 Å². The van der Waals surface area contributed by atoms with Gasteiger partial charge in [0.15, 0.2) is 5.78 Å². The van der Waals surface area contributed by atoms with Crippen LogP contribution in [0.1, 0.15) is 31.4 Å². The third-order valence-electron chi connectivity index (χ3n) is 3.75. The summed E-state index contributed by atoms with van der Waals surface area (Å²) >= 11 is 0. The van der Waals surface area contributed by atoms with Crippen molar-refractivity contribution in [2.24, 2.45) is 13.0 Å². The van der Waals surface area contributed by atoms with E-state index in [4.69, 9.17) is 0 Å². The van der Waals surface area contributed by atoms with Gasteiger partial charge in [0.05, 0.1) is 5.69 Å². The summed E-state index contributed by atoms with van der Waals surface area (Å²) in [7, 11) is 5.27. The van der Waals surface area contributed by atoms with Crippen LogP contribution in [0.2, 0.25) is 0 Å². The van der Waals surface area contributed by atoms with Crippen LogP contribution in [0.5, 0.6) is 0 Å². The summed E-state index contributed by atoms with van der Waals surface area (Å²) in [6.45, 7) is 1.85. The van der Waals surface area contributed by atoms with Crippen LogP contribution < -0.4 is 0 Å². The van der Waals surface area contributed by atoms with E-state index >= 15 is 0 Å². The van der Waals surface area contributed by atoms with Crippen LogP contribution >= 0.6 is 0 Å². The summed E-state index contributed by atoms with van der Waals surface area (Å²) in [5.41, 5.74) is 1.21. The first-order valence-corrected chi connectivity index (χ1v) is 6.91. The molecule has 1 N–H and O–H groups in total. The Hall–Kier alpha value is -2.18. The van der Waals surface area contributed by atoms with E-state index in [-0.39, 0.29) is 23.2 Å². The van der Waals surface area contributed by atoms with Crippen LogP contribution in [0.25, 0.3) is 0 Å². The number of allylic oxidation sites excluding steroid dienone is 1. The van der Waals surface area contributed by atoms with Crippen LogP contribution in [0.3, 0.4) is 0 Å². The zero-order valence-electron chi connectivity index (χ0n) is 12.7. The minimum absolute atomic E-state index is 0.0131. The molecule has 7 nitrogen and oxygen atoms in total. The molecule has 0 spiro atoms. The zero-order chi connectivity index (χ0) is 15.7.